The zero-order valence-electron chi connectivity index (χ0n) is 17.4. The molecule has 2 aromatic carbocycles. The molecule has 0 spiro atoms. The highest BCUT2D eigenvalue weighted by Crippen LogP contribution is 2.28. The van der Waals surface area contributed by atoms with Gasteiger partial charge in [-0.1, -0.05) is 30.3 Å². The molecule has 1 aliphatic heterocycles. The lowest BCUT2D eigenvalue weighted by atomic mass is 10.0. The average molecular weight is 409 g/mol. The van der Waals surface area contributed by atoms with Crippen molar-refractivity contribution in [2.24, 2.45) is 0 Å². The van der Waals surface area contributed by atoms with Crippen LogP contribution in [-0.4, -0.2) is 45.8 Å². The van der Waals surface area contributed by atoms with Gasteiger partial charge in [-0.3, -0.25) is 0 Å². The second-order valence-corrected chi connectivity index (χ2v) is 7.77. The summed E-state index contributed by atoms with van der Waals surface area (Å²) >= 11 is 0. The molecule has 0 N–H and O–H groups in total. The Morgan fingerprint density at radius 1 is 0.935 bits per heavy atom. The Hall–Kier alpha value is -3.92. The normalized spacial score (nSPS) is 14.1. The first-order chi connectivity index (χ1) is 15.2. The second-order valence-electron chi connectivity index (χ2n) is 7.77. The van der Waals surface area contributed by atoms with Crippen LogP contribution in [0.15, 0.2) is 60.9 Å². The fourth-order valence-corrected chi connectivity index (χ4v) is 4.22. The third-order valence-electron chi connectivity index (χ3n) is 5.87. The predicted molar refractivity (Wildman–Crippen MR) is 120 cm³/mol. The lowest BCUT2D eigenvalue weighted by Gasteiger charge is -2.38. The molecule has 0 unspecified atom stereocenters. The molecule has 0 bridgehead atoms. The van der Waals surface area contributed by atoms with Crippen molar-refractivity contribution in [1.29, 1.82) is 5.26 Å². The fraction of sp³-hybridized carbons (Fsp3) is 0.250. The van der Waals surface area contributed by atoms with Gasteiger partial charge in [-0.25, -0.2) is 4.98 Å². The summed E-state index contributed by atoms with van der Waals surface area (Å²) in [6.45, 7) is 5.60. The maximum Gasteiger partial charge on any atom is 0.254 e. The van der Waals surface area contributed by atoms with Crippen LogP contribution in [0.25, 0.3) is 5.78 Å². The topological polar surface area (TPSA) is 73.3 Å². The van der Waals surface area contributed by atoms with E-state index in [0.29, 0.717) is 11.3 Å². The summed E-state index contributed by atoms with van der Waals surface area (Å²) < 4.78 is 1.88. The van der Waals surface area contributed by atoms with E-state index in [0.717, 1.165) is 49.8 Å². The standard InChI is InChI=1S/C24H23N7/c1-18-22(15-19-5-3-2-4-6-19)23(31-24(28-18)26-17-27-31)30-13-11-29(12-14-30)21-9-7-20(16-25)8-10-21/h2-10,17H,11-15H2,1H3. The summed E-state index contributed by atoms with van der Waals surface area (Å²) in [5.41, 5.74) is 5.28. The lowest BCUT2D eigenvalue weighted by Crippen LogP contribution is -2.47. The minimum Gasteiger partial charge on any atom is -0.368 e. The molecule has 154 valence electrons. The van der Waals surface area contributed by atoms with Crippen molar-refractivity contribution in [3.8, 4) is 6.07 Å². The van der Waals surface area contributed by atoms with Crippen LogP contribution < -0.4 is 9.80 Å². The van der Waals surface area contributed by atoms with Gasteiger partial charge in [-0.05, 0) is 36.8 Å². The summed E-state index contributed by atoms with van der Waals surface area (Å²) in [7, 11) is 0. The van der Waals surface area contributed by atoms with Gasteiger partial charge in [0.05, 0.1) is 11.6 Å². The second kappa shape index (κ2) is 8.07. The number of aryl methyl sites for hydroxylation is 1. The number of piperazine rings is 1. The van der Waals surface area contributed by atoms with E-state index in [4.69, 9.17) is 10.2 Å². The Morgan fingerprint density at radius 2 is 1.65 bits per heavy atom. The first-order valence-electron chi connectivity index (χ1n) is 10.5. The van der Waals surface area contributed by atoms with Gasteiger partial charge in [0, 0.05) is 49.5 Å². The highest BCUT2D eigenvalue weighted by molar-refractivity contribution is 5.58. The average Bonchev–Trinajstić information content (AvgIpc) is 3.28. The number of hydrogen-bond donors (Lipinski definition) is 0. The molecule has 5 rings (SSSR count). The maximum absolute atomic E-state index is 9.03. The first-order valence-corrected chi connectivity index (χ1v) is 10.5. The number of aromatic nitrogens is 4. The fourth-order valence-electron chi connectivity index (χ4n) is 4.22. The largest absolute Gasteiger partial charge is 0.368 e. The van der Waals surface area contributed by atoms with Crippen molar-refractivity contribution < 1.29 is 0 Å². The molecule has 0 saturated carbocycles. The van der Waals surface area contributed by atoms with Crippen molar-refractivity contribution in [1.82, 2.24) is 19.6 Å². The molecule has 7 nitrogen and oxygen atoms in total. The van der Waals surface area contributed by atoms with Crippen molar-refractivity contribution in [2.75, 3.05) is 36.0 Å². The Balaban J connectivity index is 1.45. The molecule has 2 aromatic heterocycles. The summed E-state index contributed by atoms with van der Waals surface area (Å²) in [6.07, 6.45) is 2.38. The van der Waals surface area contributed by atoms with E-state index in [9.17, 15) is 0 Å². The molecule has 1 fully saturated rings. The Kier molecular flexibility index (Phi) is 4.97. The van der Waals surface area contributed by atoms with Gasteiger partial charge in [0.25, 0.3) is 5.78 Å². The van der Waals surface area contributed by atoms with E-state index in [-0.39, 0.29) is 0 Å². The Labute approximate surface area is 181 Å². The van der Waals surface area contributed by atoms with Gasteiger partial charge in [-0.2, -0.15) is 19.9 Å². The molecule has 31 heavy (non-hydrogen) atoms. The summed E-state index contributed by atoms with van der Waals surface area (Å²) in [4.78, 5) is 13.8. The predicted octanol–water partition coefficient (Wildman–Crippen LogP) is 3.22. The number of anilines is 2. The van der Waals surface area contributed by atoms with Crippen molar-refractivity contribution >= 4 is 17.3 Å². The Morgan fingerprint density at radius 3 is 2.35 bits per heavy atom. The smallest absolute Gasteiger partial charge is 0.254 e. The molecule has 7 heteroatoms. The molecule has 1 aliphatic rings. The number of hydrogen-bond acceptors (Lipinski definition) is 6. The van der Waals surface area contributed by atoms with E-state index in [1.807, 2.05) is 34.8 Å². The van der Waals surface area contributed by atoms with E-state index >= 15 is 0 Å². The van der Waals surface area contributed by atoms with Gasteiger partial charge >= 0.3 is 0 Å². The van der Waals surface area contributed by atoms with Crippen LogP contribution >= 0.6 is 0 Å². The van der Waals surface area contributed by atoms with Gasteiger partial charge in [-0.15, -0.1) is 0 Å². The van der Waals surface area contributed by atoms with Crippen LogP contribution in [0.3, 0.4) is 0 Å². The molecular formula is C24H23N7. The molecule has 1 saturated heterocycles. The highest BCUT2D eigenvalue weighted by atomic mass is 15.4. The van der Waals surface area contributed by atoms with Crippen LogP contribution in [0.5, 0.6) is 0 Å². The van der Waals surface area contributed by atoms with Crippen molar-refractivity contribution in [2.45, 2.75) is 13.3 Å². The molecule has 0 radical (unpaired) electrons. The number of nitrogens with zero attached hydrogens (tertiary/aromatic N) is 7. The molecule has 0 aliphatic carbocycles. The van der Waals surface area contributed by atoms with Crippen LogP contribution in [-0.2, 0) is 6.42 Å². The van der Waals surface area contributed by atoms with Gasteiger partial charge in [0.15, 0.2) is 0 Å². The Bertz CT molecular complexity index is 1230. The monoisotopic (exact) mass is 409 g/mol. The molecule has 4 aromatic rings. The third kappa shape index (κ3) is 3.68. The first kappa shape index (κ1) is 19.1. The third-order valence-corrected chi connectivity index (χ3v) is 5.87. The summed E-state index contributed by atoms with van der Waals surface area (Å²) in [5, 5.41) is 13.5. The van der Waals surface area contributed by atoms with Crippen molar-refractivity contribution in [3.05, 3.63) is 83.3 Å². The minimum absolute atomic E-state index is 0.638. The van der Waals surface area contributed by atoms with Crippen LogP contribution in [0.2, 0.25) is 0 Å². The quantitative estimate of drug-likeness (QED) is 0.515. The maximum atomic E-state index is 9.03. The molecule has 0 amide bonds. The molecule has 0 atom stereocenters. The summed E-state index contributed by atoms with van der Waals surface area (Å²) in [6, 6.07) is 20.5. The van der Waals surface area contributed by atoms with Gasteiger partial charge < -0.3 is 9.80 Å². The molecular weight excluding hydrogens is 386 g/mol. The zero-order chi connectivity index (χ0) is 21.2. The number of rotatable bonds is 4. The highest BCUT2D eigenvalue weighted by Gasteiger charge is 2.24. The number of nitriles is 1. The lowest BCUT2D eigenvalue weighted by molar-refractivity contribution is 0.635. The van der Waals surface area contributed by atoms with Crippen molar-refractivity contribution in [3.63, 3.8) is 0 Å². The van der Waals surface area contributed by atoms with Crippen LogP contribution in [0.4, 0.5) is 11.5 Å². The van der Waals surface area contributed by atoms with Gasteiger partial charge in [0.2, 0.25) is 0 Å². The number of fused-ring (bicyclic) bond motifs is 1. The SMILES string of the molecule is Cc1nc2ncnn2c(N2CCN(c3ccc(C#N)cc3)CC2)c1Cc1ccccc1. The molecule has 3 heterocycles. The minimum atomic E-state index is 0.638. The van der Waals surface area contributed by atoms with Crippen LogP contribution in [0, 0.1) is 18.3 Å². The van der Waals surface area contributed by atoms with Gasteiger partial charge in [0.1, 0.15) is 12.1 Å². The van der Waals surface area contributed by atoms with E-state index < -0.39 is 0 Å². The van der Waals surface area contributed by atoms with E-state index in [1.165, 1.54) is 11.1 Å². The van der Waals surface area contributed by atoms with Crippen LogP contribution in [0.1, 0.15) is 22.4 Å². The number of benzene rings is 2. The zero-order valence-corrected chi connectivity index (χ0v) is 17.4. The summed E-state index contributed by atoms with van der Waals surface area (Å²) in [5.74, 6) is 1.72. The van der Waals surface area contributed by atoms with E-state index in [2.05, 4.69) is 57.1 Å². The van der Waals surface area contributed by atoms with E-state index in [1.54, 1.807) is 6.33 Å².